The molecule has 0 aliphatic heterocycles. The van der Waals surface area contributed by atoms with Crippen molar-refractivity contribution in [2.75, 3.05) is 13.7 Å². The van der Waals surface area contributed by atoms with Gasteiger partial charge in [-0.05, 0) is 49.2 Å². The molecule has 4 aromatic rings. The molecule has 8 nitrogen and oxygen atoms in total. The van der Waals surface area contributed by atoms with Crippen molar-refractivity contribution < 1.29 is 9.53 Å². The number of rotatable bonds is 7. The van der Waals surface area contributed by atoms with E-state index in [2.05, 4.69) is 22.4 Å². The number of carbonyl (C=O) groups excluding carboxylic acids is 1. The van der Waals surface area contributed by atoms with Crippen molar-refractivity contribution >= 4 is 16.9 Å². The number of fused-ring (bicyclic) bond motifs is 1. The lowest BCUT2D eigenvalue weighted by atomic mass is 10.1. The summed E-state index contributed by atoms with van der Waals surface area (Å²) < 4.78 is 8.82. The van der Waals surface area contributed by atoms with Crippen LogP contribution < -0.4 is 10.1 Å². The molecule has 0 aliphatic carbocycles. The smallest absolute Gasteiger partial charge is 0.252 e. The lowest BCUT2D eigenvalue weighted by Crippen LogP contribution is -2.30. The molecule has 0 unspecified atom stereocenters. The Hall–Kier alpha value is -3.68. The minimum Gasteiger partial charge on any atom is -0.497 e. The molecule has 0 bridgehead atoms. The lowest BCUT2D eigenvalue weighted by molar-refractivity contribution is 0.0948. The zero-order valence-corrected chi connectivity index (χ0v) is 18.2. The number of pyridine rings is 1. The highest BCUT2D eigenvalue weighted by Gasteiger charge is 2.17. The first-order chi connectivity index (χ1) is 14.9. The molecule has 0 radical (unpaired) electrons. The van der Waals surface area contributed by atoms with Gasteiger partial charge in [0.15, 0.2) is 5.65 Å². The van der Waals surface area contributed by atoms with Crippen LogP contribution in [0.15, 0.2) is 48.8 Å². The standard InChI is InChI=1S/C23H26N6O2/c1-15(14-29-10-9-16(2)27-29)12-24-23(30)19-11-21(17-5-7-18(31-4)8-6-17)26-22-20(19)13-25-28(22)3/h5-11,13,15H,12,14H2,1-4H3,(H,24,30)/t15-/m1/s1. The van der Waals surface area contributed by atoms with E-state index in [0.717, 1.165) is 28.9 Å². The number of hydrogen-bond donors (Lipinski definition) is 1. The molecule has 1 amide bonds. The lowest BCUT2D eigenvalue weighted by Gasteiger charge is -2.14. The van der Waals surface area contributed by atoms with Crippen LogP contribution in [0.4, 0.5) is 0 Å². The van der Waals surface area contributed by atoms with Crippen molar-refractivity contribution in [3.05, 3.63) is 60.0 Å². The minimum atomic E-state index is -0.140. The number of aryl methyl sites for hydroxylation is 2. The topological polar surface area (TPSA) is 86.9 Å². The predicted octanol–water partition coefficient (Wildman–Crippen LogP) is 3.21. The number of amides is 1. The van der Waals surface area contributed by atoms with Gasteiger partial charge >= 0.3 is 0 Å². The van der Waals surface area contributed by atoms with Crippen LogP contribution in [0.25, 0.3) is 22.3 Å². The number of benzene rings is 1. The van der Waals surface area contributed by atoms with Crippen molar-refractivity contribution in [3.63, 3.8) is 0 Å². The van der Waals surface area contributed by atoms with Crippen LogP contribution in [0.1, 0.15) is 23.0 Å². The Balaban J connectivity index is 1.57. The second kappa shape index (κ2) is 8.59. The fraction of sp³-hybridized carbons (Fsp3) is 0.304. The van der Waals surface area contributed by atoms with E-state index in [1.165, 1.54) is 0 Å². The second-order valence-electron chi connectivity index (χ2n) is 7.78. The number of aromatic nitrogens is 5. The van der Waals surface area contributed by atoms with E-state index >= 15 is 0 Å². The van der Waals surface area contributed by atoms with Crippen molar-refractivity contribution in [3.8, 4) is 17.0 Å². The highest BCUT2D eigenvalue weighted by molar-refractivity contribution is 6.06. The van der Waals surface area contributed by atoms with E-state index in [1.807, 2.05) is 61.2 Å². The number of methoxy groups -OCH3 is 1. The number of ether oxygens (including phenoxy) is 1. The van der Waals surface area contributed by atoms with E-state index < -0.39 is 0 Å². The SMILES string of the molecule is COc1ccc(-c2cc(C(=O)NC[C@@H](C)Cn3ccc(C)n3)c3cnn(C)c3n2)cc1. The molecule has 0 saturated heterocycles. The van der Waals surface area contributed by atoms with Crippen LogP contribution in [-0.2, 0) is 13.6 Å². The number of nitrogens with zero attached hydrogens (tertiary/aromatic N) is 5. The van der Waals surface area contributed by atoms with E-state index in [9.17, 15) is 4.79 Å². The van der Waals surface area contributed by atoms with Gasteiger partial charge in [0, 0.05) is 31.9 Å². The van der Waals surface area contributed by atoms with Crippen LogP contribution in [-0.4, -0.2) is 44.1 Å². The molecule has 3 aromatic heterocycles. The van der Waals surface area contributed by atoms with Gasteiger partial charge in [-0.3, -0.25) is 14.2 Å². The fourth-order valence-electron chi connectivity index (χ4n) is 3.52. The van der Waals surface area contributed by atoms with Gasteiger partial charge in [-0.15, -0.1) is 0 Å². The van der Waals surface area contributed by atoms with E-state index in [4.69, 9.17) is 9.72 Å². The van der Waals surface area contributed by atoms with Gasteiger partial charge < -0.3 is 10.1 Å². The van der Waals surface area contributed by atoms with Crippen LogP contribution in [0.2, 0.25) is 0 Å². The Morgan fingerprint density at radius 1 is 1.23 bits per heavy atom. The van der Waals surface area contributed by atoms with Gasteiger partial charge in [0.25, 0.3) is 5.91 Å². The Labute approximate surface area is 180 Å². The van der Waals surface area contributed by atoms with Crippen molar-refractivity contribution in [2.24, 2.45) is 13.0 Å². The average Bonchev–Trinajstić information content (AvgIpc) is 3.36. The molecule has 31 heavy (non-hydrogen) atoms. The third-order valence-electron chi connectivity index (χ3n) is 5.22. The molecule has 160 valence electrons. The van der Waals surface area contributed by atoms with E-state index in [0.29, 0.717) is 23.4 Å². The fourth-order valence-corrected chi connectivity index (χ4v) is 3.52. The maximum Gasteiger partial charge on any atom is 0.252 e. The highest BCUT2D eigenvalue weighted by atomic mass is 16.5. The molecular formula is C23H26N6O2. The van der Waals surface area contributed by atoms with Crippen LogP contribution >= 0.6 is 0 Å². The van der Waals surface area contributed by atoms with Crippen LogP contribution in [0.3, 0.4) is 0 Å². The molecule has 4 rings (SSSR count). The first-order valence-electron chi connectivity index (χ1n) is 10.2. The predicted molar refractivity (Wildman–Crippen MR) is 119 cm³/mol. The van der Waals surface area contributed by atoms with Crippen molar-refractivity contribution in [1.29, 1.82) is 0 Å². The maximum atomic E-state index is 13.1. The van der Waals surface area contributed by atoms with Crippen LogP contribution in [0, 0.1) is 12.8 Å². The van der Waals surface area contributed by atoms with Gasteiger partial charge in [0.05, 0.1) is 35.6 Å². The summed E-state index contributed by atoms with van der Waals surface area (Å²) in [5.74, 6) is 0.860. The monoisotopic (exact) mass is 418 g/mol. The van der Waals surface area contributed by atoms with Crippen molar-refractivity contribution in [1.82, 2.24) is 29.9 Å². The summed E-state index contributed by atoms with van der Waals surface area (Å²) in [5.41, 5.74) is 3.83. The zero-order chi connectivity index (χ0) is 22.0. The normalized spacial score (nSPS) is 12.1. The molecular weight excluding hydrogens is 392 g/mol. The van der Waals surface area contributed by atoms with E-state index in [-0.39, 0.29) is 11.8 Å². The Kier molecular flexibility index (Phi) is 5.70. The summed E-state index contributed by atoms with van der Waals surface area (Å²) >= 11 is 0. The van der Waals surface area contributed by atoms with Gasteiger partial charge in [0.2, 0.25) is 0 Å². The Morgan fingerprint density at radius 3 is 2.68 bits per heavy atom. The molecule has 1 atom stereocenters. The summed E-state index contributed by atoms with van der Waals surface area (Å²) in [6, 6.07) is 11.4. The first kappa shape index (κ1) is 20.6. The van der Waals surface area contributed by atoms with Gasteiger partial charge in [-0.25, -0.2) is 4.98 Å². The first-order valence-corrected chi connectivity index (χ1v) is 10.2. The summed E-state index contributed by atoms with van der Waals surface area (Å²) in [6.45, 7) is 5.34. The molecule has 0 fully saturated rings. The summed E-state index contributed by atoms with van der Waals surface area (Å²) in [4.78, 5) is 17.8. The molecule has 0 spiro atoms. The largest absolute Gasteiger partial charge is 0.497 e. The molecule has 0 saturated carbocycles. The number of carbonyl (C=O) groups is 1. The van der Waals surface area contributed by atoms with Crippen molar-refractivity contribution in [2.45, 2.75) is 20.4 Å². The number of hydrogen-bond acceptors (Lipinski definition) is 5. The molecule has 3 heterocycles. The van der Waals surface area contributed by atoms with Gasteiger partial charge in [-0.1, -0.05) is 6.92 Å². The summed E-state index contributed by atoms with van der Waals surface area (Å²) in [7, 11) is 3.45. The quantitative estimate of drug-likeness (QED) is 0.498. The summed E-state index contributed by atoms with van der Waals surface area (Å²) in [6.07, 6.45) is 3.64. The minimum absolute atomic E-state index is 0.140. The van der Waals surface area contributed by atoms with Gasteiger partial charge in [-0.2, -0.15) is 10.2 Å². The second-order valence-corrected chi connectivity index (χ2v) is 7.78. The molecule has 0 aliphatic rings. The van der Waals surface area contributed by atoms with E-state index in [1.54, 1.807) is 18.0 Å². The number of nitrogens with one attached hydrogen (secondary N) is 1. The highest BCUT2D eigenvalue weighted by Crippen LogP contribution is 2.26. The average molecular weight is 419 g/mol. The van der Waals surface area contributed by atoms with Crippen LogP contribution in [0.5, 0.6) is 5.75 Å². The summed E-state index contributed by atoms with van der Waals surface area (Å²) in [5, 5.41) is 12.5. The Bertz CT molecular complexity index is 1210. The Morgan fingerprint density at radius 2 is 2.00 bits per heavy atom. The molecule has 1 N–H and O–H groups in total. The third-order valence-corrected chi connectivity index (χ3v) is 5.22. The maximum absolute atomic E-state index is 13.1. The van der Waals surface area contributed by atoms with Gasteiger partial charge in [0.1, 0.15) is 5.75 Å². The zero-order valence-electron chi connectivity index (χ0n) is 18.2. The molecule has 1 aromatic carbocycles. The molecule has 8 heteroatoms. The third kappa shape index (κ3) is 4.42.